The number of carbonyl (C=O) groups excluding carboxylic acids is 1. The van der Waals surface area contributed by atoms with Crippen molar-refractivity contribution in [2.45, 2.75) is 46.6 Å². The number of aromatic nitrogens is 3. The lowest BCUT2D eigenvalue weighted by atomic mass is 9.89. The molecule has 0 bridgehead atoms. The summed E-state index contributed by atoms with van der Waals surface area (Å²) < 4.78 is 1.18. The summed E-state index contributed by atoms with van der Waals surface area (Å²) in [4.78, 5) is 26.6. The topological polar surface area (TPSA) is 76.9 Å². The summed E-state index contributed by atoms with van der Waals surface area (Å²) in [5.41, 5.74) is 0.932. The second-order valence-electron chi connectivity index (χ2n) is 6.78. The Kier molecular flexibility index (Phi) is 4.48. The van der Waals surface area contributed by atoms with Crippen molar-refractivity contribution in [2.24, 2.45) is 11.8 Å². The van der Waals surface area contributed by atoms with E-state index in [0.717, 1.165) is 24.8 Å². The van der Waals surface area contributed by atoms with Crippen molar-refractivity contribution in [3.8, 4) is 0 Å². The highest BCUT2D eigenvalue weighted by Gasteiger charge is 2.24. The molecule has 2 aromatic rings. The van der Waals surface area contributed by atoms with Crippen LogP contribution in [0.1, 0.15) is 37.6 Å². The van der Waals surface area contributed by atoms with Crippen molar-refractivity contribution in [2.75, 3.05) is 6.54 Å². The fraction of sp³-hybridized carbons (Fsp3) is 0.625. The smallest absolute Gasteiger partial charge is 0.279 e. The van der Waals surface area contributed by atoms with E-state index in [9.17, 15) is 9.59 Å². The lowest BCUT2D eigenvalue weighted by Gasteiger charge is -2.17. The lowest BCUT2D eigenvalue weighted by Crippen LogP contribution is -2.35. The Hall–Kier alpha value is -1.76. The fourth-order valence-corrected chi connectivity index (χ4v) is 4.22. The van der Waals surface area contributed by atoms with Gasteiger partial charge in [-0.15, -0.1) is 16.4 Å². The van der Waals surface area contributed by atoms with Gasteiger partial charge in [-0.1, -0.05) is 26.0 Å². The van der Waals surface area contributed by atoms with Gasteiger partial charge in [0.1, 0.15) is 6.54 Å². The number of rotatable bonds is 4. The van der Waals surface area contributed by atoms with Crippen LogP contribution in [0.2, 0.25) is 0 Å². The number of carbonyl (C=O) groups is 1. The van der Waals surface area contributed by atoms with Crippen molar-refractivity contribution in [1.82, 2.24) is 20.3 Å². The summed E-state index contributed by atoms with van der Waals surface area (Å²) in [6.45, 7) is 6.80. The van der Waals surface area contributed by atoms with Crippen molar-refractivity contribution in [3.05, 3.63) is 20.8 Å². The van der Waals surface area contributed by atoms with E-state index in [4.69, 9.17) is 0 Å². The molecule has 23 heavy (non-hydrogen) atoms. The van der Waals surface area contributed by atoms with Gasteiger partial charge < -0.3 is 5.32 Å². The van der Waals surface area contributed by atoms with E-state index < -0.39 is 0 Å². The van der Waals surface area contributed by atoms with Gasteiger partial charge in [-0.05, 0) is 36.7 Å². The third-order valence-electron chi connectivity index (χ3n) is 4.19. The van der Waals surface area contributed by atoms with E-state index >= 15 is 0 Å². The molecule has 1 amide bonds. The second-order valence-corrected chi connectivity index (χ2v) is 7.87. The minimum Gasteiger partial charge on any atom is -0.354 e. The number of nitrogens with zero attached hydrogens (tertiary/aromatic N) is 3. The average Bonchev–Trinajstić information content (AvgIpc) is 2.86. The van der Waals surface area contributed by atoms with Crippen LogP contribution in [0.25, 0.3) is 10.2 Å². The van der Waals surface area contributed by atoms with Crippen LogP contribution in [-0.2, 0) is 24.2 Å². The van der Waals surface area contributed by atoms with Crippen molar-refractivity contribution in [1.29, 1.82) is 0 Å². The molecule has 0 aliphatic heterocycles. The largest absolute Gasteiger partial charge is 0.354 e. The highest BCUT2D eigenvalue weighted by Crippen LogP contribution is 2.35. The molecular formula is C16H22N4O2S. The zero-order chi connectivity index (χ0) is 16.6. The SMILES string of the molecule is CC(C)CNC(=O)Cn1nnc2sc3c(c2c1=O)CCC(C)C3. The molecule has 6 nitrogen and oxygen atoms in total. The maximum atomic E-state index is 12.7. The van der Waals surface area contributed by atoms with E-state index in [1.165, 1.54) is 9.56 Å². The first-order valence-electron chi connectivity index (χ1n) is 8.10. The van der Waals surface area contributed by atoms with Crippen LogP contribution in [-0.4, -0.2) is 27.4 Å². The van der Waals surface area contributed by atoms with Crippen LogP contribution in [0.5, 0.6) is 0 Å². The van der Waals surface area contributed by atoms with E-state index in [-0.39, 0.29) is 18.0 Å². The van der Waals surface area contributed by atoms with Gasteiger partial charge in [0.05, 0.1) is 5.39 Å². The molecule has 1 aliphatic rings. The van der Waals surface area contributed by atoms with Crippen LogP contribution in [0, 0.1) is 11.8 Å². The Morgan fingerprint density at radius 3 is 3.00 bits per heavy atom. The third-order valence-corrected chi connectivity index (χ3v) is 5.32. The van der Waals surface area contributed by atoms with Crippen molar-refractivity contribution >= 4 is 27.5 Å². The van der Waals surface area contributed by atoms with Gasteiger partial charge in [0.2, 0.25) is 5.91 Å². The molecule has 0 spiro atoms. The molecule has 0 aromatic carbocycles. The summed E-state index contributed by atoms with van der Waals surface area (Å²) in [6.07, 6.45) is 3.01. The standard InChI is InChI=1S/C16H22N4O2S/c1-9(2)7-17-13(21)8-20-16(22)14-11-5-4-10(3)6-12(11)23-15(14)18-19-20/h9-10H,4-8H2,1-3H3,(H,17,21). The number of nitrogens with one attached hydrogen (secondary N) is 1. The number of aryl methyl sites for hydroxylation is 1. The summed E-state index contributed by atoms with van der Waals surface area (Å²) in [5, 5.41) is 11.6. The molecule has 3 rings (SSSR count). The summed E-state index contributed by atoms with van der Waals surface area (Å²) in [7, 11) is 0. The first-order chi connectivity index (χ1) is 11.0. The predicted molar refractivity (Wildman–Crippen MR) is 90.7 cm³/mol. The van der Waals surface area contributed by atoms with Gasteiger partial charge in [0, 0.05) is 11.4 Å². The van der Waals surface area contributed by atoms with E-state index in [1.807, 2.05) is 13.8 Å². The average molecular weight is 334 g/mol. The summed E-state index contributed by atoms with van der Waals surface area (Å²) >= 11 is 1.57. The van der Waals surface area contributed by atoms with E-state index in [1.54, 1.807) is 11.3 Å². The van der Waals surface area contributed by atoms with Crippen LogP contribution in [0.15, 0.2) is 4.79 Å². The van der Waals surface area contributed by atoms with Crippen LogP contribution < -0.4 is 10.9 Å². The van der Waals surface area contributed by atoms with Crippen molar-refractivity contribution < 1.29 is 4.79 Å². The highest BCUT2D eigenvalue weighted by atomic mass is 32.1. The Balaban J connectivity index is 1.90. The second kappa shape index (κ2) is 6.39. The normalized spacial score (nSPS) is 17.5. The monoisotopic (exact) mass is 334 g/mol. The molecule has 0 fully saturated rings. The molecule has 124 valence electrons. The molecule has 1 aliphatic carbocycles. The maximum absolute atomic E-state index is 12.7. The molecule has 0 radical (unpaired) electrons. The van der Waals surface area contributed by atoms with Gasteiger partial charge in [0.15, 0.2) is 4.83 Å². The molecule has 1 unspecified atom stereocenters. The molecule has 7 heteroatoms. The Bertz CT molecular complexity index is 793. The quantitative estimate of drug-likeness (QED) is 0.924. The summed E-state index contributed by atoms with van der Waals surface area (Å²) in [6, 6.07) is 0. The van der Waals surface area contributed by atoms with Gasteiger partial charge in [0.25, 0.3) is 5.56 Å². The minimum atomic E-state index is -0.202. The number of hydrogen-bond donors (Lipinski definition) is 1. The Morgan fingerprint density at radius 2 is 2.26 bits per heavy atom. The maximum Gasteiger partial charge on any atom is 0.279 e. The molecule has 0 saturated heterocycles. The predicted octanol–water partition coefficient (Wildman–Crippen LogP) is 1.75. The van der Waals surface area contributed by atoms with Gasteiger partial charge >= 0.3 is 0 Å². The number of hydrogen-bond acceptors (Lipinski definition) is 5. The number of fused-ring (bicyclic) bond motifs is 3. The molecular weight excluding hydrogens is 312 g/mol. The van der Waals surface area contributed by atoms with Crippen LogP contribution >= 0.6 is 11.3 Å². The van der Waals surface area contributed by atoms with Crippen LogP contribution in [0.4, 0.5) is 0 Å². The molecule has 1 atom stereocenters. The molecule has 0 saturated carbocycles. The third kappa shape index (κ3) is 3.29. The first kappa shape index (κ1) is 16.1. The van der Waals surface area contributed by atoms with Gasteiger partial charge in [-0.3, -0.25) is 9.59 Å². The Morgan fingerprint density at radius 1 is 1.48 bits per heavy atom. The highest BCUT2D eigenvalue weighted by molar-refractivity contribution is 7.18. The molecule has 1 N–H and O–H groups in total. The lowest BCUT2D eigenvalue weighted by molar-refractivity contribution is -0.122. The van der Waals surface area contributed by atoms with E-state index in [0.29, 0.717) is 28.6 Å². The molecule has 2 heterocycles. The fourth-order valence-electron chi connectivity index (χ4n) is 2.90. The Labute approximate surface area is 138 Å². The van der Waals surface area contributed by atoms with Gasteiger partial charge in [-0.25, -0.2) is 4.68 Å². The van der Waals surface area contributed by atoms with E-state index in [2.05, 4.69) is 22.6 Å². The number of thiophene rings is 1. The van der Waals surface area contributed by atoms with Crippen molar-refractivity contribution in [3.63, 3.8) is 0 Å². The molecule has 2 aromatic heterocycles. The first-order valence-corrected chi connectivity index (χ1v) is 8.92. The summed E-state index contributed by atoms with van der Waals surface area (Å²) in [5.74, 6) is 0.815. The number of amides is 1. The zero-order valence-corrected chi connectivity index (χ0v) is 14.6. The minimum absolute atomic E-state index is 0.0739. The van der Waals surface area contributed by atoms with Gasteiger partial charge in [-0.2, -0.15) is 0 Å². The van der Waals surface area contributed by atoms with Crippen LogP contribution in [0.3, 0.4) is 0 Å². The zero-order valence-electron chi connectivity index (χ0n) is 13.8.